The summed E-state index contributed by atoms with van der Waals surface area (Å²) in [5, 5.41) is 20.6. The number of phosphoric ester groups is 2. The van der Waals surface area contributed by atoms with Gasteiger partial charge in [0.1, 0.15) is 25.4 Å². The van der Waals surface area contributed by atoms with E-state index in [9.17, 15) is 43.5 Å². The largest absolute Gasteiger partial charge is 0.472 e. The van der Waals surface area contributed by atoms with Gasteiger partial charge in [-0.15, -0.1) is 0 Å². The van der Waals surface area contributed by atoms with Crippen LogP contribution in [0.3, 0.4) is 0 Å². The van der Waals surface area contributed by atoms with Gasteiger partial charge in [-0.25, -0.2) is 9.13 Å². The molecule has 0 aliphatic rings. The molecule has 0 aromatic heterocycles. The fraction of sp³-hybridized carbons (Fsp3) is 0.779. The van der Waals surface area contributed by atoms with E-state index >= 15 is 0 Å². The van der Waals surface area contributed by atoms with Crippen molar-refractivity contribution >= 4 is 33.6 Å². The molecule has 0 aliphatic heterocycles. The lowest BCUT2D eigenvalue weighted by Gasteiger charge is -2.21. The van der Waals surface area contributed by atoms with Gasteiger partial charge in [-0.05, 0) is 103 Å². The fourth-order valence-corrected chi connectivity index (χ4v) is 11.9. The second-order valence-electron chi connectivity index (χ2n) is 25.5. The number of phosphoric acid groups is 2. The van der Waals surface area contributed by atoms with Gasteiger partial charge in [0, 0.05) is 19.3 Å². The van der Waals surface area contributed by atoms with Crippen molar-refractivity contribution in [1.29, 1.82) is 0 Å². The van der Waals surface area contributed by atoms with Crippen LogP contribution in [-0.2, 0) is 55.8 Å². The van der Waals surface area contributed by atoms with E-state index in [-0.39, 0.29) is 19.3 Å². The highest BCUT2D eigenvalue weighted by Gasteiger charge is 2.29. The lowest BCUT2D eigenvalue weighted by molar-refractivity contribution is -0.161. The molecule has 0 aromatic rings. The summed E-state index contributed by atoms with van der Waals surface area (Å²) in [6, 6.07) is 0. The van der Waals surface area contributed by atoms with Crippen molar-refractivity contribution in [2.75, 3.05) is 39.6 Å². The molecule has 95 heavy (non-hydrogen) atoms. The van der Waals surface area contributed by atoms with Crippen LogP contribution in [0.5, 0.6) is 0 Å². The van der Waals surface area contributed by atoms with Crippen LogP contribution in [0, 0.1) is 0 Å². The highest BCUT2D eigenvalue weighted by Crippen LogP contribution is 2.45. The predicted octanol–water partition coefficient (Wildman–Crippen LogP) is 21.7. The molecule has 0 spiro atoms. The maximum atomic E-state index is 12.9. The Hall–Kier alpha value is -3.27. The number of hydrogen-bond donors (Lipinski definition) is 4. The number of carbonyl (C=O) groups is 3. The van der Waals surface area contributed by atoms with Gasteiger partial charge in [-0.3, -0.25) is 32.5 Å². The number of aliphatic hydroxyl groups excluding tert-OH is 2. The number of rotatable bonds is 72. The topological polar surface area (TPSA) is 231 Å². The average molecular weight is 1380 g/mol. The quantitative estimate of drug-likeness (QED) is 0.0146. The highest BCUT2D eigenvalue weighted by atomic mass is 31.2. The van der Waals surface area contributed by atoms with Crippen molar-refractivity contribution in [3.63, 3.8) is 0 Å². The number of aliphatic hydroxyl groups is 2. The molecule has 0 aromatic carbocycles. The van der Waals surface area contributed by atoms with E-state index in [1.807, 2.05) is 0 Å². The Kier molecular flexibility index (Phi) is 68.2. The average Bonchev–Trinajstić information content (AvgIpc) is 2.67. The molecule has 0 bridgehead atoms. The Bertz CT molecular complexity index is 2070. The maximum absolute atomic E-state index is 12.9. The second kappa shape index (κ2) is 70.6. The summed E-state index contributed by atoms with van der Waals surface area (Å²) in [5.41, 5.74) is 0. The van der Waals surface area contributed by atoms with Gasteiger partial charge in [0.05, 0.1) is 26.4 Å². The van der Waals surface area contributed by atoms with Gasteiger partial charge in [-0.2, -0.15) is 0 Å². The van der Waals surface area contributed by atoms with Gasteiger partial charge in [0.15, 0.2) is 6.10 Å². The number of carbonyl (C=O) groups excluding carboxylic acids is 3. The normalized spacial score (nSPS) is 14.6. The van der Waals surface area contributed by atoms with Gasteiger partial charge in [0.25, 0.3) is 0 Å². The predicted molar refractivity (Wildman–Crippen MR) is 390 cm³/mol. The van der Waals surface area contributed by atoms with Crippen molar-refractivity contribution in [1.82, 2.24) is 0 Å². The minimum absolute atomic E-state index is 0.105. The first-order chi connectivity index (χ1) is 46.2. The van der Waals surface area contributed by atoms with E-state index in [1.54, 1.807) is 0 Å². The van der Waals surface area contributed by atoms with Crippen molar-refractivity contribution in [3.05, 3.63) is 85.1 Å². The molecule has 0 saturated carbocycles. The van der Waals surface area contributed by atoms with Crippen molar-refractivity contribution in [3.8, 4) is 0 Å². The molecule has 0 fully saturated rings. The molecule has 0 radical (unpaired) electrons. The molecular weight excluding hydrogens is 1240 g/mol. The fourth-order valence-electron chi connectivity index (χ4n) is 10.3. The van der Waals surface area contributed by atoms with Crippen LogP contribution in [0.1, 0.15) is 329 Å². The van der Waals surface area contributed by atoms with Crippen LogP contribution >= 0.6 is 15.6 Å². The summed E-state index contributed by atoms with van der Waals surface area (Å²) in [7, 11) is -9.77. The lowest BCUT2D eigenvalue weighted by Crippen LogP contribution is -2.30. The summed E-state index contributed by atoms with van der Waals surface area (Å²) >= 11 is 0. The van der Waals surface area contributed by atoms with Crippen molar-refractivity contribution < 1.29 is 75.8 Å². The van der Waals surface area contributed by atoms with Crippen LogP contribution in [0.25, 0.3) is 0 Å². The molecule has 0 heterocycles. The molecule has 16 nitrogen and oxygen atoms in total. The van der Waals surface area contributed by atoms with E-state index in [2.05, 4.69) is 106 Å². The number of ether oxygens (including phenoxy) is 3. The first kappa shape index (κ1) is 91.7. The molecular formula is C77H138O16P2. The molecule has 5 atom stereocenters. The zero-order chi connectivity index (χ0) is 69.5. The van der Waals surface area contributed by atoms with Gasteiger partial charge in [-0.1, -0.05) is 292 Å². The van der Waals surface area contributed by atoms with E-state index < -0.39 is 91.5 Å². The first-order valence-corrected chi connectivity index (χ1v) is 40.9. The first-order valence-electron chi connectivity index (χ1n) is 37.9. The molecule has 18 heteroatoms. The second-order valence-corrected chi connectivity index (χ2v) is 28.4. The summed E-state index contributed by atoms with van der Waals surface area (Å²) in [6.45, 7) is 2.62. The summed E-state index contributed by atoms with van der Waals surface area (Å²) in [6.07, 6.45) is 77.9. The van der Waals surface area contributed by atoms with E-state index in [0.29, 0.717) is 19.3 Å². The summed E-state index contributed by atoms with van der Waals surface area (Å²) in [4.78, 5) is 58.4. The van der Waals surface area contributed by atoms with Crippen LogP contribution in [0.2, 0.25) is 0 Å². The third kappa shape index (κ3) is 71.8. The Morgan fingerprint density at radius 2 is 0.526 bits per heavy atom. The molecule has 0 amide bonds. The Morgan fingerprint density at radius 1 is 0.295 bits per heavy atom. The number of hydrogen-bond acceptors (Lipinski definition) is 14. The molecule has 0 saturated heterocycles. The molecule has 4 N–H and O–H groups in total. The van der Waals surface area contributed by atoms with Gasteiger partial charge in [0.2, 0.25) is 0 Å². The lowest BCUT2D eigenvalue weighted by atomic mass is 10.0. The number of unbranched alkanes of at least 4 members (excludes halogenated alkanes) is 35. The molecule has 5 unspecified atom stereocenters. The van der Waals surface area contributed by atoms with Crippen molar-refractivity contribution in [2.24, 2.45) is 0 Å². The number of esters is 3. The highest BCUT2D eigenvalue weighted by molar-refractivity contribution is 7.47. The Labute approximate surface area is 578 Å². The zero-order valence-corrected chi connectivity index (χ0v) is 61.9. The number of allylic oxidation sites excluding steroid dienone is 14. The van der Waals surface area contributed by atoms with E-state index in [0.717, 1.165) is 128 Å². The molecule has 0 rings (SSSR count). The van der Waals surface area contributed by atoms with Crippen LogP contribution in [0.15, 0.2) is 85.1 Å². The van der Waals surface area contributed by atoms with Crippen molar-refractivity contribution in [2.45, 2.75) is 347 Å². The van der Waals surface area contributed by atoms with Gasteiger partial charge >= 0.3 is 33.6 Å². The monoisotopic (exact) mass is 1380 g/mol. The minimum atomic E-state index is -4.92. The van der Waals surface area contributed by atoms with Crippen LogP contribution < -0.4 is 0 Å². The zero-order valence-electron chi connectivity index (χ0n) is 60.1. The maximum Gasteiger partial charge on any atom is 0.472 e. The smallest absolute Gasteiger partial charge is 0.463 e. The van der Waals surface area contributed by atoms with Crippen LogP contribution in [0.4, 0.5) is 0 Å². The standard InChI is InChI=1S/C77H138O16P2/c1-4-7-10-13-16-19-22-24-26-28-30-31-32-33-34-35-36-37-38-39-41-43-44-46-49-51-54-57-60-63-75(80)87-66-72(78)67-89-94(83,84)90-68-73(79)69-91-95(85,86)92-71-74(93-77(82)65-62-59-56-53-48-21-18-15-12-9-6-3)70-88-76(81)64-61-58-55-52-50-47-45-42-40-29-27-25-23-20-17-14-11-8-5-2/h16-17,19-20,24-27,30-31,33-34,40,42,72-74,78-79H,4-15,18,21-23,28-29,32,35-39,41,43-71H2,1-3H3,(H,83,84)(H,85,86)/b19-16-,20-17-,26-24-,27-25-,31-30-,34-33-,42-40-. The van der Waals surface area contributed by atoms with E-state index in [1.165, 1.54) is 141 Å². The third-order valence-electron chi connectivity index (χ3n) is 16.1. The van der Waals surface area contributed by atoms with E-state index in [4.69, 9.17) is 32.3 Å². The molecule has 0 aliphatic carbocycles. The summed E-state index contributed by atoms with van der Waals surface area (Å²) in [5.74, 6) is -1.58. The Morgan fingerprint density at radius 3 is 0.853 bits per heavy atom. The SMILES string of the molecule is CCCCC/C=C\C/C=C\C/C=C\C/C=C\CCCCCCCCCCCCCCCC(=O)OCC(O)COP(=O)(O)OCC(O)COP(=O)(O)OCC(COC(=O)CCCCCCCC/C=C\C/C=C\C/C=C\CCCCC)OC(=O)CCCCCCCCCCCCC. The summed E-state index contributed by atoms with van der Waals surface area (Å²) < 4.78 is 61.0. The Balaban J connectivity index is 4.43. The minimum Gasteiger partial charge on any atom is -0.463 e. The molecule has 552 valence electrons. The third-order valence-corrected chi connectivity index (χ3v) is 18.0. The van der Waals surface area contributed by atoms with Crippen LogP contribution in [-0.4, -0.2) is 95.9 Å². The van der Waals surface area contributed by atoms with Gasteiger partial charge < -0.3 is 34.2 Å².